The van der Waals surface area contributed by atoms with Crippen LogP contribution in [0, 0.1) is 0 Å². The Balaban J connectivity index is 1.27. The van der Waals surface area contributed by atoms with Crippen molar-refractivity contribution in [3.8, 4) is 11.4 Å². The van der Waals surface area contributed by atoms with Crippen molar-refractivity contribution >= 4 is 83.3 Å². The Bertz CT molecular complexity index is 3100. The predicted octanol–water partition coefficient (Wildman–Crippen LogP) is 8.35. The van der Waals surface area contributed by atoms with Gasteiger partial charge in [0, 0.05) is 65.1 Å². The molecule has 0 amide bonds. The van der Waals surface area contributed by atoms with Gasteiger partial charge >= 0.3 is 0 Å². The second-order valence-electron chi connectivity index (χ2n) is 13.0. The minimum Gasteiger partial charge on any atom is -0.354 e. The van der Waals surface area contributed by atoms with Gasteiger partial charge in [0.05, 0.1) is 27.8 Å². The molecule has 9 nitrogen and oxygen atoms in total. The molecular formula is C43H21BrN4O5. The summed E-state index contributed by atoms with van der Waals surface area (Å²) < 4.78 is 0.700. The van der Waals surface area contributed by atoms with Crippen LogP contribution in [0.15, 0.2) is 125 Å². The smallest absolute Gasteiger partial charge is 0.197 e. The zero-order valence-corrected chi connectivity index (χ0v) is 28.9. The third kappa shape index (κ3) is 4.52. The summed E-state index contributed by atoms with van der Waals surface area (Å²) in [5.74, 6) is -0.919. The largest absolute Gasteiger partial charge is 0.354 e. The average molecular weight is 754 g/mol. The monoisotopic (exact) mass is 752 g/mol. The van der Waals surface area contributed by atoms with Gasteiger partial charge < -0.3 is 10.3 Å². The summed E-state index contributed by atoms with van der Waals surface area (Å²) in [5.41, 5.74) is 3.24. The van der Waals surface area contributed by atoms with Crippen molar-refractivity contribution in [3.63, 3.8) is 0 Å². The van der Waals surface area contributed by atoms with Crippen LogP contribution in [0.1, 0.15) is 63.7 Å². The number of hydrogen-bond acceptors (Lipinski definition) is 8. The molecule has 0 fully saturated rings. The lowest BCUT2D eigenvalue weighted by molar-refractivity contribution is 0.0979. The number of carbonyl (C=O) groups excluding carboxylic acids is 4. The maximum atomic E-state index is 14.4. The number of nitrogens with zero attached hydrogens (tertiary/aromatic N) is 2. The van der Waals surface area contributed by atoms with Crippen LogP contribution in [0.25, 0.3) is 44.1 Å². The molecule has 2 aliphatic carbocycles. The first-order chi connectivity index (χ1) is 25.8. The van der Waals surface area contributed by atoms with Crippen LogP contribution in [0.5, 0.6) is 0 Å². The summed E-state index contributed by atoms with van der Waals surface area (Å²) in [4.78, 5) is 83.5. The van der Waals surface area contributed by atoms with Crippen molar-refractivity contribution in [3.05, 3.63) is 174 Å². The summed E-state index contributed by atoms with van der Waals surface area (Å²) in [7, 11) is 0. The fraction of sp³-hybridized carbons (Fsp3) is 0. The van der Waals surface area contributed by atoms with Crippen LogP contribution in [-0.2, 0) is 0 Å². The molecule has 0 radical (unpaired) electrons. The van der Waals surface area contributed by atoms with E-state index in [-0.39, 0.29) is 72.8 Å². The molecule has 6 aromatic carbocycles. The highest BCUT2D eigenvalue weighted by molar-refractivity contribution is 9.10. The predicted molar refractivity (Wildman–Crippen MR) is 205 cm³/mol. The second-order valence-corrected chi connectivity index (χ2v) is 13.9. The Hall–Kier alpha value is -6.91. The number of benzene rings is 6. The molecule has 250 valence electrons. The Kier molecular flexibility index (Phi) is 6.58. The quantitative estimate of drug-likeness (QED) is 0.172. The van der Waals surface area contributed by atoms with Gasteiger partial charge in [-0.05, 0) is 36.4 Å². The first-order valence-corrected chi connectivity index (χ1v) is 17.4. The molecular weight excluding hydrogens is 732 g/mol. The maximum Gasteiger partial charge on any atom is 0.197 e. The van der Waals surface area contributed by atoms with Gasteiger partial charge in [-0.3, -0.25) is 24.0 Å². The molecule has 0 aliphatic heterocycles. The highest BCUT2D eigenvalue weighted by Crippen LogP contribution is 2.40. The molecule has 2 N–H and O–H groups in total. The third-order valence-electron chi connectivity index (χ3n) is 9.95. The summed E-state index contributed by atoms with van der Waals surface area (Å²) in [6.45, 7) is 0. The zero-order valence-electron chi connectivity index (χ0n) is 27.3. The van der Waals surface area contributed by atoms with E-state index in [1.165, 1.54) is 0 Å². The minimum absolute atomic E-state index is 0.0621. The number of anilines is 2. The molecule has 0 saturated heterocycles. The van der Waals surface area contributed by atoms with Gasteiger partial charge in [-0.1, -0.05) is 94.8 Å². The standard InChI is InChI=1S/C43H21BrN4O5/c44-21-14-15-31-28(16-21)39(51)30-19-33(34-35(36(30)45-31)41(53)25-13-7-6-12-24(25)40(34)52)47-43-29-17-26-27(38(50)23-11-5-4-10-22(23)37(26)49)18-32(29)46-42(48-43)20-8-2-1-3-9-20/h1-19H,(H,45,51)(H,46,47,48). The van der Waals surface area contributed by atoms with Crippen molar-refractivity contribution in [2.24, 2.45) is 0 Å². The minimum atomic E-state index is -0.412. The van der Waals surface area contributed by atoms with Gasteiger partial charge in [0.25, 0.3) is 0 Å². The number of aromatic amines is 1. The Morgan fingerprint density at radius 2 is 1.13 bits per heavy atom. The van der Waals surface area contributed by atoms with Crippen LogP contribution >= 0.6 is 15.9 Å². The summed E-state index contributed by atoms with van der Waals surface area (Å²) >= 11 is 3.45. The number of fused-ring (bicyclic) bond motifs is 8. The number of rotatable bonds is 3. The molecule has 10 rings (SSSR count). The lowest BCUT2D eigenvalue weighted by Crippen LogP contribution is -2.24. The Labute approximate surface area is 307 Å². The molecule has 8 aromatic rings. The first kappa shape index (κ1) is 30.9. The van der Waals surface area contributed by atoms with E-state index in [2.05, 4.69) is 26.2 Å². The number of carbonyl (C=O) groups is 4. The van der Waals surface area contributed by atoms with E-state index in [1.807, 2.05) is 30.3 Å². The maximum absolute atomic E-state index is 14.4. The van der Waals surface area contributed by atoms with E-state index in [0.29, 0.717) is 48.8 Å². The van der Waals surface area contributed by atoms with Gasteiger partial charge in [0.1, 0.15) is 5.82 Å². The number of aromatic nitrogens is 3. The van der Waals surface area contributed by atoms with Crippen molar-refractivity contribution in [1.29, 1.82) is 0 Å². The Morgan fingerprint density at radius 3 is 1.81 bits per heavy atom. The van der Waals surface area contributed by atoms with Crippen molar-refractivity contribution in [2.75, 3.05) is 5.32 Å². The molecule has 0 spiro atoms. The first-order valence-electron chi connectivity index (χ1n) is 16.6. The van der Waals surface area contributed by atoms with Crippen LogP contribution in [0.4, 0.5) is 11.5 Å². The molecule has 2 heterocycles. The van der Waals surface area contributed by atoms with Crippen LogP contribution in [0.3, 0.4) is 0 Å². The number of ketones is 4. The van der Waals surface area contributed by atoms with E-state index in [9.17, 15) is 24.0 Å². The van der Waals surface area contributed by atoms with E-state index in [1.54, 1.807) is 84.9 Å². The van der Waals surface area contributed by atoms with Crippen molar-refractivity contribution in [2.45, 2.75) is 0 Å². The Morgan fingerprint density at radius 1 is 0.528 bits per heavy atom. The fourth-order valence-electron chi connectivity index (χ4n) is 7.45. The SMILES string of the molecule is O=C1c2ccccc2C(=O)c2cc3c(Nc4cc5c(=O)c6cc(Br)ccc6[nH]c5c5c4C(=O)c4ccccc4C5=O)nc(-c4ccccc4)nc3cc21. The zero-order chi connectivity index (χ0) is 36.1. The summed E-state index contributed by atoms with van der Waals surface area (Å²) in [5, 5.41) is 4.29. The molecule has 53 heavy (non-hydrogen) atoms. The number of hydrogen-bond donors (Lipinski definition) is 2. The van der Waals surface area contributed by atoms with E-state index in [0.717, 1.165) is 0 Å². The lowest BCUT2D eigenvalue weighted by atomic mass is 9.81. The third-order valence-corrected chi connectivity index (χ3v) is 10.4. The van der Waals surface area contributed by atoms with E-state index >= 15 is 0 Å². The molecule has 2 aliphatic rings. The highest BCUT2D eigenvalue weighted by atomic mass is 79.9. The van der Waals surface area contributed by atoms with Gasteiger partial charge in [-0.2, -0.15) is 0 Å². The fourth-order valence-corrected chi connectivity index (χ4v) is 7.82. The van der Waals surface area contributed by atoms with Crippen LogP contribution < -0.4 is 10.7 Å². The van der Waals surface area contributed by atoms with Crippen LogP contribution in [0.2, 0.25) is 0 Å². The number of halogens is 1. The van der Waals surface area contributed by atoms with Gasteiger partial charge in [0.15, 0.2) is 34.4 Å². The lowest BCUT2D eigenvalue weighted by Gasteiger charge is -2.23. The second kappa shape index (κ2) is 11.3. The van der Waals surface area contributed by atoms with Gasteiger partial charge in [0.2, 0.25) is 0 Å². The molecule has 0 bridgehead atoms. The number of pyridine rings is 1. The number of nitrogens with one attached hydrogen (secondary N) is 2. The van der Waals surface area contributed by atoms with Gasteiger partial charge in [-0.25, -0.2) is 9.97 Å². The molecule has 0 saturated carbocycles. The normalized spacial score (nSPS) is 13.2. The van der Waals surface area contributed by atoms with Gasteiger partial charge in [-0.15, -0.1) is 0 Å². The van der Waals surface area contributed by atoms with Crippen molar-refractivity contribution in [1.82, 2.24) is 15.0 Å². The summed E-state index contributed by atoms with van der Waals surface area (Å²) in [6.07, 6.45) is 0. The van der Waals surface area contributed by atoms with E-state index < -0.39 is 11.6 Å². The van der Waals surface area contributed by atoms with Crippen LogP contribution in [-0.4, -0.2) is 38.1 Å². The number of H-pyrrole nitrogens is 1. The average Bonchev–Trinajstić information content (AvgIpc) is 3.19. The molecule has 10 heteroatoms. The molecule has 2 aromatic heterocycles. The van der Waals surface area contributed by atoms with Crippen molar-refractivity contribution < 1.29 is 19.2 Å². The topological polar surface area (TPSA) is 139 Å². The molecule has 0 unspecified atom stereocenters. The molecule has 0 atom stereocenters. The summed E-state index contributed by atoms with van der Waals surface area (Å²) in [6, 6.07) is 32.5. The highest BCUT2D eigenvalue weighted by Gasteiger charge is 2.35. The van der Waals surface area contributed by atoms with E-state index in [4.69, 9.17) is 9.97 Å².